The van der Waals surface area contributed by atoms with Crippen molar-refractivity contribution >= 4 is 11.6 Å². The molecule has 3 aliphatic rings. The van der Waals surface area contributed by atoms with Gasteiger partial charge in [-0.05, 0) is 6.92 Å². The Morgan fingerprint density at radius 1 is 1.25 bits per heavy atom. The molecule has 3 saturated heterocycles. The van der Waals surface area contributed by atoms with Crippen molar-refractivity contribution in [1.82, 2.24) is 0 Å². The molecule has 0 saturated carbocycles. The Labute approximate surface area is 77.9 Å². The molecule has 0 aromatic rings. The van der Waals surface area contributed by atoms with Gasteiger partial charge < -0.3 is 14.2 Å². The van der Waals surface area contributed by atoms with E-state index in [1.165, 1.54) is 0 Å². The zero-order valence-electron chi connectivity index (χ0n) is 7.29. The van der Waals surface area contributed by atoms with E-state index in [1.807, 2.05) is 0 Å². The molecule has 12 heavy (non-hydrogen) atoms. The van der Waals surface area contributed by atoms with Crippen LogP contribution in [0, 0.1) is 0 Å². The minimum Gasteiger partial charge on any atom is -0.377 e. The molecule has 72 valence electrons. The first-order chi connectivity index (χ1) is 5.83. The SMILES string of the molecule is C1CO1.CC1CO1.ClCC1CO1. The average Bonchev–Trinajstić information content (AvgIpc) is 2.86. The van der Waals surface area contributed by atoms with Crippen LogP contribution in [0.15, 0.2) is 0 Å². The van der Waals surface area contributed by atoms with Crippen molar-refractivity contribution in [2.75, 3.05) is 32.3 Å². The molecule has 3 fully saturated rings. The van der Waals surface area contributed by atoms with Crippen molar-refractivity contribution in [1.29, 1.82) is 0 Å². The summed E-state index contributed by atoms with van der Waals surface area (Å²) in [6.45, 7) is 5.92. The molecule has 3 nitrogen and oxygen atoms in total. The third-order valence-corrected chi connectivity index (χ3v) is 1.62. The summed E-state index contributed by atoms with van der Waals surface area (Å²) in [6, 6.07) is 0. The molecule has 0 bridgehead atoms. The van der Waals surface area contributed by atoms with Crippen molar-refractivity contribution in [3.8, 4) is 0 Å². The number of ether oxygens (including phenoxy) is 3. The molecule has 3 heterocycles. The fourth-order valence-electron chi connectivity index (χ4n) is 0.253. The summed E-state index contributed by atoms with van der Waals surface area (Å²) in [6.07, 6.45) is 0.983. The first kappa shape index (κ1) is 10.3. The second-order valence-electron chi connectivity index (χ2n) is 2.87. The van der Waals surface area contributed by atoms with Gasteiger partial charge in [-0.3, -0.25) is 0 Å². The fourth-order valence-corrected chi connectivity index (χ4v) is 0.432. The van der Waals surface area contributed by atoms with Gasteiger partial charge in [-0.25, -0.2) is 0 Å². The smallest absolute Gasteiger partial charge is 0.0944 e. The highest BCUT2D eigenvalue weighted by Crippen LogP contribution is 2.08. The Morgan fingerprint density at radius 2 is 1.67 bits per heavy atom. The van der Waals surface area contributed by atoms with Gasteiger partial charge >= 0.3 is 0 Å². The quantitative estimate of drug-likeness (QED) is 0.463. The molecule has 0 radical (unpaired) electrons. The van der Waals surface area contributed by atoms with Crippen LogP contribution in [0.4, 0.5) is 0 Å². The van der Waals surface area contributed by atoms with Crippen LogP contribution in [0.3, 0.4) is 0 Å². The van der Waals surface area contributed by atoms with Gasteiger partial charge in [0.1, 0.15) is 0 Å². The van der Waals surface area contributed by atoms with Crippen molar-refractivity contribution in [3.63, 3.8) is 0 Å². The molecule has 0 aliphatic carbocycles. The summed E-state index contributed by atoms with van der Waals surface area (Å²) in [4.78, 5) is 0. The number of epoxide rings is 3. The van der Waals surface area contributed by atoms with E-state index in [2.05, 4.69) is 11.7 Å². The van der Waals surface area contributed by atoms with Gasteiger partial charge in [0.15, 0.2) is 0 Å². The molecule has 0 N–H and O–H groups in total. The average molecular weight is 195 g/mol. The Kier molecular flexibility index (Phi) is 4.92. The molecule has 2 unspecified atom stereocenters. The summed E-state index contributed by atoms with van der Waals surface area (Å²) >= 11 is 5.27. The van der Waals surface area contributed by atoms with E-state index in [-0.39, 0.29) is 0 Å². The predicted octanol–water partition coefficient (Wildman–Crippen LogP) is 1.05. The summed E-state index contributed by atoms with van der Waals surface area (Å²) in [5.74, 6) is 0.667. The fraction of sp³-hybridized carbons (Fsp3) is 1.00. The Morgan fingerprint density at radius 3 is 1.67 bits per heavy atom. The summed E-state index contributed by atoms with van der Waals surface area (Å²) < 4.78 is 13.9. The largest absolute Gasteiger partial charge is 0.377 e. The topological polar surface area (TPSA) is 37.6 Å². The van der Waals surface area contributed by atoms with Gasteiger partial charge in [0, 0.05) is 0 Å². The Bertz CT molecular complexity index is 108. The van der Waals surface area contributed by atoms with Crippen molar-refractivity contribution in [2.24, 2.45) is 0 Å². The minimum absolute atomic E-state index is 0.400. The van der Waals surface area contributed by atoms with Gasteiger partial charge in [0.05, 0.1) is 44.5 Å². The van der Waals surface area contributed by atoms with Gasteiger partial charge in [0.2, 0.25) is 0 Å². The summed E-state index contributed by atoms with van der Waals surface area (Å²) in [5, 5.41) is 0. The van der Waals surface area contributed by atoms with Gasteiger partial charge in [0.25, 0.3) is 0 Å². The molecule has 0 amide bonds. The summed E-state index contributed by atoms with van der Waals surface area (Å²) in [5.41, 5.74) is 0. The highest BCUT2D eigenvalue weighted by atomic mass is 35.5. The van der Waals surface area contributed by atoms with E-state index in [1.54, 1.807) is 0 Å². The van der Waals surface area contributed by atoms with Crippen LogP contribution >= 0.6 is 11.6 Å². The van der Waals surface area contributed by atoms with Crippen molar-refractivity contribution in [3.05, 3.63) is 0 Å². The highest BCUT2D eigenvalue weighted by Gasteiger charge is 2.19. The normalized spacial score (nSPS) is 33.5. The lowest BCUT2D eigenvalue weighted by Crippen LogP contribution is -1.80. The number of rotatable bonds is 1. The molecule has 3 rings (SSSR count). The Balaban J connectivity index is 0.0000000929. The third-order valence-electron chi connectivity index (χ3n) is 1.28. The molecule has 4 heteroatoms. The first-order valence-corrected chi connectivity index (χ1v) is 4.73. The van der Waals surface area contributed by atoms with Crippen LogP contribution in [-0.2, 0) is 14.2 Å². The van der Waals surface area contributed by atoms with E-state index in [0.717, 1.165) is 26.4 Å². The van der Waals surface area contributed by atoms with Crippen LogP contribution in [0.5, 0.6) is 0 Å². The number of halogens is 1. The van der Waals surface area contributed by atoms with Gasteiger partial charge in [-0.2, -0.15) is 0 Å². The maximum absolute atomic E-state index is 5.27. The zero-order chi connectivity index (χ0) is 8.81. The van der Waals surface area contributed by atoms with Gasteiger partial charge in [-0.1, -0.05) is 0 Å². The molecule has 2 atom stereocenters. The lowest BCUT2D eigenvalue weighted by atomic mass is 10.6. The number of hydrogen-bond donors (Lipinski definition) is 0. The highest BCUT2D eigenvalue weighted by molar-refractivity contribution is 6.18. The van der Waals surface area contributed by atoms with Crippen LogP contribution < -0.4 is 0 Å². The van der Waals surface area contributed by atoms with Crippen LogP contribution in [0.25, 0.3) is 0 Å². The maximum atomic E-state index is 5.27. The van der Waals surface area contributed by atoms with E-state index < -0.39 is 0 Å². The molecule has 3 aliphatic heterocycles. The zero-order valence-corrected chi connectivity index (χ0v) is 8.05. The maximum Gasteiger partial charge on any atom is 0.0944 e. The van der Waals surface area contributed by atoms with E-state index in [9.17, 15) is 0 Å². The van der Waals surface area contributed by atoms with Crippen LogP contribution in [-0.4, -0.2) is 44.5 Å². The summed E-state index contributed by atoms with van der Waals surface area (Å²) in [7, 11) is 0. The molecule has 0 aromatic carbocycles. The molecule has 0 spiro atoms. The lowest BCUT2D eigenvalue weighted by molar-refractivity contribution is 0.423. The molecular weight excluding hydrogens is 180 g/mol. The second kappa shape index (κ2) is 5.75. The van der Waals surface area contributed by atoms with E-state index >= 15 is 0 Å². The lowest BCUT2D eigenvalue weighted by Gasteiger charge is -1.67. The third kappa shape index (κ3) is 10.2. The first-order valence-electron chi connectivity index (χ1n) is 4.20. The van der Waals surface area contributed by atoms with Crippen LogP contribution in [0.2, 0.25) is 0 Å². The van der Waals surface area contributed by atoms with Gasteiger partial charge in [-0.15, -0.1) is 11.6 Å². The molecular formula is C8H15ClO3. The number of hydrogen-bond acceptors (Lipinski definition) is 3. The second-order valence-corrected chi connectivity index (χ2v) is 3.17. The number of alkyl halides is 1. The van der Waals surface area contributed by atoms with Crippen molar-refractivity contribution in [2.45, 2.75) is 19.1 Å². The van der Waals surface area contributed by atoms with Crippen molar-refractivity contribution < 1.29 is 14.2 Å². The van der Waals surface area contributed by atoms with Crippen LogP contribution in [0.1, 0.15) is 6.92 Å². The monoisotopic (exact) mass is 194 g/mol. The standard InChI is InChI=1S/C3H5ClO.C3H6O.C2H4O/c4-1-3-2-5-3;1-3-2-4-3;1-2-3-1/h3H,1-2H2;3H,2H2,1H3;1-2H2. The Hall–Kier alpha value is 0.170. The minimum atomic E-state index is 0.400. The van der Waals surface area contributed by atoms with E-state index in [4.69, 9.17) is 21.1 Å². The predicted molar refractivity (Wildman–Crippen MR) is 46.7 cm³/mol. The van der Waals surface area contributed by atoms with E-state index in [0.29, 0.717) is 18.1 Å². The molecule has 0 aromatic heterocycles.